The molecule has 2 heteroatoms. The Hall–Kier alpha value is -0.0800. The number of ether oxygens (including phenoxy) is 1. The van der Waals surface area contributed by atoms with Crippen LogP contribution < -0.4 is 5.32 Å². The highest BCUT2D eigenvalue weighted by Gasteiger charge is 2.18. The molecule has 0 spiro atoms. The average molecular weight is 227 g/mol. The van der Waals surface area contributed by atoms with Crippen molar-refractivity contribution in [2.24, 2.45) is 5.92 Å². The van der Waals surface area contributed by atoms with Gasteiger partial charge in [-0.25, -0.2) is 0 Å². The first-order valence-corrected chi connectivity index (χ1v) is 7.15. The zero-order valence-electron chi connectivity index (χ0n) is 11.1. The second-order valence-corrected chi connectivity index (χ2v) is 5.18. The van der Waals surface area contributed by atoms with Crippen LogP contribution in [0, 0.1) is 5.92 Å². The summed E-state index contributed by atoms with van der Waals surface area (Å²) >= 11 is 0. The van der Waals surface area contributed by atoms with Gasteiger partial charge in [0.05, 0.1) is 6.10 Å². The van der Waals surface area contributed by atoms with E-state index in [-0.39, 0.29) is 0 Å². The van der Waals surface area contributed by atoms with Crippen LogP contribution in [0.15, 0.2) is 0 Å². The number of unbranched alkanes of at least 4 members (excludes halogenated alkanes) is 2. The van der Waals surface area contributed by atoms with Crippen molar-refractivity contribution in [1.29, 1.82) is 0 Å². The van der Waals surface area contributed by atoms with E-state index in [1.165, 1.54) is 44.9 Å². The number of rotatable bonds is 8. The van der Waals surface area contributed by atoms with Crippen LogP contribution in [0.1, 0.15) is 58.8 Å². The van der Waals surface area contributed by atoms with E-state index in [1.54, 1.807) is 0 Å². The Morgan fingerprint density at radius 1 is 1.19 bits per heavy atom. The summed E-state index contributed by atoms with van der Waals surface area (Å²) in [6, 6.07) is 0. The summed E-state index contributed by atoms with van der Waals surface area (Å²) in [5.74, 6) is 0.882. The summed E-state index contributed by atoms with van der Waals surface area (Å²) in [5.41, 5.74) is 0. The van der Waals surface area contributed by atoms with Crippen molar-refractivity contribution in [3.05, 3.63) is 0 Å². The van der Waals surface area contributed by atoms with Crippen LogP contribution in [-0.4, -0.2) is 25.8 Å². The van der Waals surface area contributed by atoms with Crippen molar-refractivity contribution in [3.8, 4) is 0 Å². The summed E-state index contributed by atoms with van der Waals surface area (Å²) in [5, 5.41) is 3.35. The first kappa shape index (κ1) is 14.0. The average Bonchev–Trinajstić information content (AvgIpc) is 2.28. The molecule has 1 aliphatic carbocycles. The molecule has 1 saturated carbocycles. The van der Waals surface area contributed by atoms with Gasteiger partial charge in [-0.15, -0.1) is 0 Å². The molecule has 1 N–H and O–H groups in total. The summed E-state index contributed by atoms with van der Waals surface area (Å²) in [7, 11) is 0. The van der Waals surface area contributed by atoms with Crippen LogP contribution >= 0.6 is 0 Å². The molecule has 0 heterocycles. The highest BCUT2D eigenvalue weighted by Crippen LogP contribution is 2.25. The molecule has 2 unspecified atom stereocenters. The van der Waals surface area contributed by atoms with Crippen molar-refractivity contribution in [2.45, 2.75) is 64.9 Å². The number of nitrogens with one attached hydrogen (secondary N) is 1. The summed E-state index contributed by atoms with van der Waals surface area (Å²) in [6.45, 7) is 7.75. The van der Waals surface area contributed by atoms with Gasteiger partial charge in [0.25, 0.3) is 0 Å². The van der Waals surface area contributed by atoms with Crippen molar-refractivity contribution >= 4 is 0 Å². The fourth-order valence-electron chi connectivity index (χ4n) is 2.49. The molecule has 0 aromatic rings. The van der Waals surface area contributed by atoms with Gasteiger partial charge in [0, 0.05) is 6.61 Å². The third-order valence-electron chi connectivity index (χ3n) is 3.49. The lowest BCUT2D eigenvalue weighted by molar-refractivity contribution is 0.0137. The van der Waals surface area contributed by atoms with E-state index in [1.807, 2.05) is 0 Å². The maximum absolute atomic E-state index is 5.94. The largest absolute Gasteiger partial charge is 0.378 e. The van der Waals surface area contributed by atoms with Crippen LogP contribution in [0.3, 0.4) is 0 Å². The Morgan fingerprint density at radius 2 is 2.06 bits per heavy atom. The van der Waals surface area contributed by atoms with E-state index in [4.69, 9.17) is 4.74 Å². The molecule has 0 aromatic heterocycles. The molecule has 96 valence electrons. The minimum Gasteiger partial charge on any atom is -0.378 e. The fraction of sp³-hybridized carbons (Fsp3) is 1.00. The lowest BCUT2D eigenvalue weighted by Crippen LogP contribution is -2.22. The number of hydrogen-bond donors (Lipinski definition) is 1. The standard InChI is InChI=1S/C14H29NO/c1-3-15-10-5-4-6-11-16-14-9-7-8-13(2)12-14/h13-15H,3-12H2,1-2H3. The molecule has 0 amide bonds. The molecule has 1 aliphatic rings. The van der Waals surface area contributed by atoms with E-state index in [2.05, 4.69) is 19.2 Å². The normalized spacial score (nSPS) is 25.9. The fourth-order valence-corrected chi connectivity index (χ4v) is 2.49. The van der Waals surface area contributed by atoms with E-state index in [0.29, 0.717) is 6.10 Å². The minimum atomic E-state index is 0.567. The van der Waals surface area contributed by atoms with E-state index >= 15 is 0 Å². The molecule has 0 saturated heterocycles. The van der Waals surface area contributed by atoms with Crippen molar-refractivity contribution in [3.63, 3.8) is 0 Å². The highest BCUT2D eigenvalue weighted by molar-refractivity contribution is 4.70. The summed E-state index contributed by atoms with van der Waals surface area (Å²) in [4.78, 5) is 0. The van der Waals surface area contributed by atoms with Gasteiger partial charge in [0.1, 0.15) is 0 Å². The van der Waals surface area contributed by atoms with Gasteiger partial charge in [-0.1, -0.05) is 26.7 Å². The number of hydrogen-bond acceptors (Lipinski definition) is 2. The molecule has 0 aromatic carbocycles. The second-order valence-electron chi connectivity index (χ2n) is 5.18. The molecular formula is C14H29NO. The van der Waals surface area contributed by atoms with Gasteiger partial charge >= 0.3 is 0 Å². The maximum Gasteiger partial charge on any atom is 0.0577 e. The van der Waals surface area contributed by atoms with Gasteiger partial charge in [-0.05, 0) is 51.1 Å². The van der Waals surface area contributed by atoms with Crippen molar-refractivity contribution in [1.82, 2.24) is 5.32 Å². The third kappa shape index (κ3) is 6.49. The predicted molar refractivity (Wildman–Crippen MR) is 69.8 cm³/mol. The van der Waals surface area contributed by atoms with Crippen LogP contribution in [0.4, 0.5) is 0 Å². The van der Waals surface area contributed by atoms with E-state index in [0.717, 1.165) is 25.6 Å². The van der Waals surface area contributed by atoms with E-state index in [9.17, 15) is 0 Å². The molecule has 0 radical (unpaired) electrons. The zero-order chi connectivity index (χ0) is 11.6. The van der Waals surface area contributed by atoms with Crippen LogP contribution in [0.5, 0.6) is 0 Å². The summed E-state index contributed by atoms with van der Waals surface area (Å²) in [6.07, 6.45) is 9.75. The highest BCUT2D eigenvalue weighted by atomic mass is 16.5. The molecule has 2 atom stereocenters. The topological polar surface area (TPSA) is 21.3 Å². The van der Waals surface area contributed by atoms with Gasteiger partial charge in [0.2, 0.25) is 0 Å². The van der Waals surface area contributed by atoms with Crippen LogP contribution in [0.25, 0.3) is 0 Å². The molecule has 0 aliphatic heterocycles. The maximum atomic E-state index is 5.94. The smallest absolute Gasteiger partial charge is 0.0577 e. The van der Waals surface area contributed by atoms with Crippen molar-refractivity contribution < 1.29 is 4.74 Å². The molecule has 2 nitrogen and oxygen atoms in total. The quantitative estimate of drug-likeness (QED) is 0.642. The second kappa shape index (κ2) is 9.00. The molecule has 0 bridgehead atoms. The van der Waals surface area contributed by atoms with Crippen molar-refractivity contribution in [2.75, 3.05) is 19.7 Å². The SMILES string of the molecule is CCNCCCCCOC1CCCC(C)C1. The molecule has 16 heavy (non-hydrogen) atoms. The summed E-state index contributed by atoms with van der Waals surface area (Å²) < 4.78 is 5.94. The lowest BCUT2D eigenvalue weighted by atomic mass is 9.89. The van der Waals surface area contributed by atoms with Gasteiger partial charge in [-0.2, -0.15) is 0 Å². The Morgan fingerprint density at radius 3 is 2.81 bits per heavy atom. The lowest BCUT2D eigenvalue weighted by Gasteiger charge is -2.26. The molecule has 1 fully saturated rings. The van der Waals surface area contributed by atoms with Crippen LogP contribution in [0.2, 0.25) is 0 Å². The van der Waals surface area contributed by atoms with Gasteiger partial charge in [-0.3, -0.25) is 0 Å². The zero-order valence-corrected chi connectivity index (χ0v) is 11.1. The van der Waals surface area contributed by atoms with Gasteiger partial charge in [0.15, 0.2) is 0 Å². The Labute approximate surface area is 101 Å². The third-order valence-corrected chi connectivity index (χ3v) is 3.49. The first-order valence-electron chi connectivity index (χ1n) is 7.15. The van der Waals surface area contributed by atoms with Crippen LogP contribution in [-0.2, 0) is 4.74 Å². The first-order chi connectivity index (χ1) is 7.83. The molecule has 1 rings (SSSR count). The Balaban J connectivity index is 1.86. The predicted octanol–water partition coefficient (Wildman–Crippen LogP) is 3.36. The molecular weight excluding hydrogens is 198 g/mol. The van der Waals surface area contributed by atoms with E-state index < -0.39 is 0 Å². The Kier molecular flexibility index (Phi) is 7.87. The monoisotopic (exact) mass is 227 g/mol. The minimum absolute atomic E-state index is 0.567. The Bertz CT molecular complexity index is 161. The van der Waals surface area contributed by atoms with Gasteiger partial charge < -0.3 is 10.1 Å².